The molecule has 8 heteroatoms. The molecule has 0 saturated heterocycles. The van der Waals surface area contributed by atoms with Crippen LogP contribution in [0.3, 0.4) is 0 Å². The number of amides is 1. The monoisotopic (exact) mass is 385 g/mol. The maximum atomic E-state index is 12.2. The van der Waals surface area contributed by atoms with Crippen molar-refractivity contribution in [1.82, 2.24) is 0 Å². The minimum atomic E-state index is -3.60. The molecule has 0 radical (unpaired) electrons. The highest BCUT2D eigenvalue weighted by Gasteiger charge is 2.19. The quantitative estimate of drug-likeness (QED) is 0.737. The molecule has 0 aliphatic heterocycles. The minimum Gasteiger partial charge on any atom is -0.326 e. The van der Waals surface area contributed by atoms with E-state index in [1.54, 1.807) is 30.3 Å². The molecule has 0 fully saturated rings. The summed E-state index contributed by atoms with van der Waals surface area (Å²) in [7, 11) is -3.60. The third kappa shape index (κ3) is 5.66. The molecule has 0 atom stereocenters. The predicted octanol–water partition coefficient (Wildman–Crippen LogP) is 2.56. The Labute approximate surface area is 158 Å². The molecule has 0 bridgehead atoms. The molecule has 7 nitrogen and oxygen atoms in total. The number of rotatable bonds is 7. The average molecular weight is 385 g/mol. The van der Waals surface area contributed by atoms with E-state index in [9.17, 15) is 18.0 Å². The van der Waals surface area contributed by atoms with E-state index >= 15 is 0 Å². The smallest absolute Gasteiger partial charge is 0.232 e. The van der Waals surface area contributed by atoms with Crippen molar-refractivity contribution in [3.8, 4) is 6.07 Å². The van der Waals surface area contributed by atoms with Gasteiger partial charge in [0, 0.05) is 24.2 Å². The number of nitrogens with zero attached hydrogens (tertiary/aromatic N) is 2. The average Bonchev–Trinajstić information content (AvgIpc) is 2.61. The molecule has 2 aromatic carbocycles. The van der Waals surface area contributed by atoms with Crippen molar-refractivity contribution in [2.75, 3.05) is 22.4 Å². The first kappa shape index (κ1) is 20.1. The summed E-state index contributed by atoms with van der Waals surface area (Å²) in [6.07, 6.45) is 0.985. The lowest BCUT2D eigenvalue weighted by molar-refractivity contribution is -0.116. The van der Waals surface area contributed by atoms with Crippen LogP contribution in [0.15, 0.2) is 48.5 Å². The fourth-order valence-corrected chi connectivity index (χ4v) is 3.37. The van der Waals surface area contributed by atoms with E-state index in [0.29, 0.717) is 22.5 Å². The van der Waals surface area contributed by atoms with Gasteiger partial charge in [0.25, 0.3) is 0 Å². The summed E-state index contributed by atoms with van der Waals surface area (Å²) in [5, 5.41) is 11.5. The highest BCUT2D eigenvalue weighted by Crippen LogP contribution is 2.19. The molecule has 27 heavy (non-hydrogen) atoms. The van der Waals surface area contributed by atoms with E-state index in [-0.39, 0.29) is 24.7 Å². The Morgan fingerprint density at radius 1 is 1.15 bits per heavy atom. The first-order chi connectivity index (χ1) is 12.7. The van der Waals surface area contributed by atoms with Gasteiger partial charge in [-0.15, -0.1) is 0 Å². The molecule has 0 saturated carbocycles. The molecular formula is C19H19N3O4S. The number of anilines is 2. The number of hydrogen-bond donors (Lipinski definition) is 1. The Bertz CT molecular complexity index is 992. The van der Waals surface area contributed by atoms with Crippen LogP contribution in [0.1, 0.15) is 29.3 Å². The Kier molecular flexibility index (Phi) is 6.32. The number of carbonyl (C=O) groups excluding carboxylic acids is 2. The number of nitrogens with one attached hydrogen (secondary N) is 1. The SMILES string of the molecule is CC(=O)c1ccc(N(CCC(=O)Nc2cccc(C#N)c2)S(C)(=O)=O)cc1. The van der Waals surface area contributed by atoms with Crippen molar-refractivity contribution in [3.05, 3.63) is 59.7 Å². The van der Waals surface area contributed by atoms with Gasteiger partial charge in [0.1, 0.15) is 0 Å². The molecule has 0 heterocycles. The highest BCUT2D eigenvalue weighted by atomic mass is 32.2. The van der Waals surface area contributed by atoms with Crippen LogP contribution in [0.4, 0.5) is 11.4 Å². The van der Waals surface area contributed by atoms with Crippen molar-refractivity contribution in [2.24, 2.45) is 0 Å². The topological polar surface area (TPSA) is 107 Å². The summed E-state index contributed by atoms with van der Waals surface area (Å²) in [5.41, 5.74) is 1.73. The molecule has 0 spiro atoms. The summed E-state index contributed by atoms with van der Waals surface area (Å²) < 4.78 is 25.3. The largest absolute Gasteiger partial charge is 0.326 e. The first-order valence-corrected chi connectivity index (χ1v) is 9.94. The standard InChI is InChI=1S/C19H19N3O4S/c1-14(23)16-6-8-18(9-7-16)22(27(2,25)26)11-10-19(24)21-17-5-3-4-15(12-17)13-20/h3-9,12H,10-11H2,1-2H3,(H,21,24). The molecule has 0 aliphatic rings. The normalized spacial score (nSPS) is 10.7. The molecule has 140 valence electrons. The second-order valence-corrected chi connectivity index (χ2v) is 7.84. The molecular weight excluding hydrogens is 366 g/mol. The second-order valence-electron chi connectivity index (χ2n) is 5.93. The van der Waals surface area contributed by atoms with Gasteiger partial charge in [0.05, 0.1) is 23.6 Å². The number of carbonyl (C=O) groups is 2. The van der Waals surface area contributed by atoms with Crippen molar-refractivity contribution in [1.29, 1.82) is 5.26 Å². The number of benzene rings is 2. The van der Waals surface area contributed by atoms with E-state index in [1.165, 1.54) is 25.1 Å². The summed E-state index contributed by atoms with van der Waals surface area (Å²) in [4.78, 5) is 23.5. The second kappa shape index (κ2) is 8.47. The Balaban J connectivity index is 2.09. The van der Waals surface area contributed by atoms with E-state index in [1.807, 2.05) is 6.07 Å². The number of ketones is 1. The van der Waals surface area contributed by atoms with Gasteiger partial charge in [-0.3, -0.25) is 13.9 Å². The Morgan fingerprint density at radius 2 is 1.81 bits per heavy atom. The highest BCUT2D eigenvalue weighted by molar-refractivity contribution is 7.92. The maximum Gasteiger partial charge on any atom is 0.232 e. The molecule has 0 aliphatic carbocycles. The van der Waals surface area contributed by atoms with Crippen LogP contribution >= 0.6 is 0 Å². The number of sulfonamides is 1. The molecule has 2 rings (SSSR count). The molecule has 1 amide bonds. The van der Waals surface area contributed by atoms with Crippen LogP contribution in [0, 0.1) is 11.3 Å². The summed E-state index contributed by atoms with van der Waals surface area (Å²) in [6, 6.07) is 14.6. The Hall–Kier alpha value is -3.18. The lowest BCUT2D eigenvalue weighted by Crippen LogP contribution is -2.33. The van der Waals surface area contributed by atoms with Crippen LogP contribution in [0.25, 0.3) is 0 Å². The van der Waals surface area contributed by atoms with E-state index in [2.05, 4.69) is 5.32 Å². The van der Waals surface area contributed by atoms with Crippen LogP contribution in [-0.2, 0) is 14.8 Å². The van der Waals surface area contributed by atoms with Crippen LogP contribution < -0.4 is 9.62 Å². The summed E-state index contributed by atoms with van der Waals surface area (Å²) >= 11 is 0. The number of Topliss-reactive ketones (excluding diaryl/α,β-unsaturated/α-hetero) is 1. The number of hydrogen-bond acceptors (Lipinski definition) is 5. The van der Waals surface area contributed by atoms with Gasteiger partial charge in [-0.05, 0) is 49.4 Å². The van der Waals surface area contributed by atoms with Gasteiger partial charge >= 0.3 is 0 Å². The summed E-state index contributed by atoms with van der Waals surface area (Å²) in [5.74, 6) is -0.495. The third-order valence-corrected chi connectivity index (χ3v) is 4.97. The van der Waals surface area contributed by atoms with E-state index < -0.39 is 10.0 Å². The molecule has 1 N–H and O–H groups in total. The fraction of sp³-hybridized carbons (Fsp3) is 0.211. The predicted molar refractivity (Wildman–Crippen MR) is 103 cm³/mol. The fourth-order valence-electron chi connectivity index (χ4n) is 2.44. The first-order valence-electron chi connectivity index (χ1n) is 8.09. The van der Waals surface area contributed by atoms with Crippen molar-refractivity contribution < 1.29 is 18.0 Å². The lowest BCUT2D eigenvalue weighted by Gasteiger charge is -2.22. The van der Waals surface area contributed by atoms with Gasteiger partial charge in [-0.1, -0.05) is 6.07 Å². The molecule has 2 aromatic rings. The number of nitriles is 1. The minimum absolute atomic E-state index is 0.0535. The Morgan fingerprint density at radius 3 is 2.37 bits per heavy atom. The van der Waals surface area contributed by atoms with E-state index in [4.69, 9.17) is 5.26 Å². The van der Waals surface area contributed by atoms with E-state index in [0.717, 1.165) is 10.6 Å². The van der Waals surface area contributed by atoms with Crippen LogP contribution in [0.2, 0.25) is 0 Å². The van der Waals surface area contributed by atoms with Gasteiger partial charge < -0.3 is 5.32 Å². The lowest BCUT2D eigenvalue weighted by atomic mass is 10.1. The van der Waals surface area contributed by atoms with Crippen LogP contribution in [0.5, 0.6) is 0 Å². The third-order valence-electron chi connectivity index (χ3n) is 3.78. The van der Waals surface area contributed by atoms with Gasteiger partial charge in [-0.25, -0.2) is 8.42 Å². The van der Waals surface area contributed by atoms with Gasteiger partial charge in [0.15, 0.2) is 5.78 Å². The van der Waals surface area contributed by atoms with Gasteiger partial charge in [-0.2, -0.15) is 5.26 Å². The van der Waals surface area contributed by atoms with Gasteiger partial charge in [0.2, 0.25) is 15.9 Å². The summed E-state index contributed by atoms with van der Waals surface area (Å²) in [6.45, 7) is 1.37. The zero-order chi connectivity index (χ0) is 20.0. The van der Waals surface area contributed by atoms with Crippen molar-refractivity contribution in [2.45, 2.75) is 13.3 Å². The van der Waals surface area contributed by atoms with Crippen molar-refractivity contribution in [3.63, 3.8) is 0 Å². The van der Waals surface area contributed by atoms with Crippen molar-refractivity contribution >= 4 is 33.1 Å². The molecule has 0 unspecified atom stereocenters. The van der Waals surface area contributed by atoms with Crippen LogP contribution in [-0.4, -0.2) is 32.9 Å². The zero-order valence-corrected chi connectivity index (χ0v) is 15.8. The maximum absolute atomic E-state index is 12.2. The molecule has 0 aromatic heterocycles. The zero-order valence-electron chi connectivity index (χ0n) is 15.0.